The third-order valence-electron chi connectivity index (χ3n) is 2.21. The van der Waals surface area contributed by atoms with Crippen LogP contribution >= 0.6 is 23.2 Å². The van der Waals surface area contributed by atoms with Gasteiger partial charge in [-0.15, -0.1) is 10.2 Å². The quantitative estimate of drug-likeness (QED) is 0.936. The maximum absolute atomic E-state index is 6.05. The third kappa shape index (κ3) is 2.93. The van der Waals surface area contributed by atoms with Gasteiger partial charge in [0.25, 0.3) is 5.89 Å². The molecule has 0 unspecified atom stereocenters. The van der Waals surface area contributed by atoms with Gasteiger partial charge in [-0.05, 0) is 12.1 Å². The van der Waals surface area contributed by atoms with E-state index in [4.69, 9.17) is 38.1 Å². The predicted molar refractivity (Wildman–Crippen MR) is 67.7 cm³/mol. The second-order valence-corrected chi connectivity index (χ2v) is 4.43. The third-order valence-corrected chi connectivity index (χ3v) is 2.71. The lowest BCUT2D eigenvalue weighted by atomic mass is 10.2. The second-order valence-electron chi connectivity index (χ2n) is 3.58. The minimum absolute atomic E-state index is 0.134. The van der Waals surface area contributed by atoms with Crippen molar-refractivity contribution in [1.82, 2.24) is 10.2 Å². The van der Waals surface area contributed by atoms with E-state index in [1.54, 1.807) is 19.1 Å². The van der Waals surface area contributed by atoms with E-state index in [0.29, 0.717) is 27.6 Å². The van der Waals surface area contributed by atoms with E-state index in [1.165, 1.54) is 0 Å². The van der Waals surface area contributed by atoms with Crippen molar-refractivity contribution in [3.63, 3.8) is 0 Å². The molecule has 7 heteroatoms. The van der Waals surface area contributed by atoms with E-state index in [1.807, 2.05) is 0 Å². The minimum atomic E-state index is 0.134. The van der Waals surface area contributed by atoms with Crippen LogP contribution in [0.5, 0.6) is 5.75 Å². The zero-order valence-electron chi connectivity index (χ0n) is 9.61. The molecule has 0 bridgehead atoms. The van der Waals surface area contributed by atoms with Gasteiger partial charge in [0.15, 0.2) is 6.61 Å². The number of nitrogens with two attached hydrogens (primary N) is 1. The van der Waals surface area contributed by atoms with Crippen LogP contribution in [0.4, 0.5) is 0 Å². The summed E-state index contributed by atoms with van der Waals surface area (Å²) in [7, 11) is 0. The summed E-state index contributed by atoms with van der Waals surface area (Å²) in [5.41, 5.74) is 6.34. The first-order valence-corrected chi connectivity index (χ1v) is 5.95. The van der Waals surface area contributed by atoms with Crippen molar-refractivity contribution in [3.05, 3.63) is 39.5 Å². The average molecular weight is 288 g/mol. The molecule has 0 saturated heterocycles. The Kier molecular flexibility index (Phi) is 4.06. The van der Waals surface area contributed by atoms with Gasteiger partial charge in [0.05, 0.1) is 5.02 Å². The number of hydrogen-bond donors (Lipinski definition) is 1. The molecule has 0 fully saturated rings. The Morgan fingerprint density at radius 1 is 1.33 bits per heavy atom. The number of rotatable bonds is 4. The zero-order valence-corrected chi connectivity index (χ0v) is 11.1. The zero-order chi connectivity index (χ0) is 13.1. The number of halogens is 2. The predicted octanol–water partition coefficient (Wildman–Crippen LogP) is 2.72. The van der Waals surface area contributed by atoms with Crippen molar-refractivity contribution in [2.45, 2.75) is 20.1 Å². The Hall–Kier alpha value is -1.30. The van der Waals surface area contributed by atoms with Gasteiger partial charge < -0.3 is 14.9 Å². The van der Waals surface area contributed by atoms with Crippen molar-refractivity contribution in [2.75, 3.05) is 0 Å². The summed E-state index contributed by atoms with van der Waals surface area (Å²) in [4.78, 5) is 0. The number of benzene rings is 1. The van der Waals surface area contributed by atoms with E-state index in [-0.39, 0.29) is 13.2 Å². The fourth-order valence-corrected chi connectivity index (χ4v) is 2.05. The first kappa shape index (κ1) is 13.1. The van der Waals surface area contributed by atoms with Crippen LogP contribution in [0.2, 0.25) is 10.0 Å². The van der Waals surface area contributed by atoms with Crippen LogP contribution in [0, 0.1) is 6.92 Å². The van der Waals surface area contributed by atoms with Crippen molar-refractivity contribution in [1.29, 1.82) is 0 Å². The maximum Gasteiger partial charge on any atom is 0.253 e. The van der Waals surface area contributed by atoms with E-state index < -0.39 is 0 Å². The van der Waals surface area contributed by atoms with Gasteiger partial charge in [-0.25, -0.2) is 0 Å². The Morgan fingerprint density at radius 3 is 2.72 bits per heavy atom. The summed E-state index contributed by atoms with van der Waals surface area (Å²) in [5, 5.41) is 8.44. The Balaban J connectivity index is 2.18. The molecule has 0 aliphatic heterocycles. The highest BCUT2D eigenvalue weighted by molar-refractivity contribution is 6.35. The highest BCUT2D eigenvalue weighted by Crippen LogP contribution is 2.32. The monoisotopic (exact) mass is 287 g/mol. The molecular weight excluding hydrogens is 277 g/mol. The van der Waals surface area contributed by atoms with Gasteiger partial charge >= 0.3 is 0 Å². The molecule has 0 amide bonds. The van der Waals surface area contributed by atoms with E-state index in [0.717, 1.165) is 5.56 Å². The van der Waals surface area contributed by atoms with Crippen molar-refractivity contribution >= 4 is 23.2 Å². The first-order valence-electron chi connectivity index (χ1n) is 5.20. The van der Waals surface area contributed by atoms with Gasteiger partial charge in [-0.3, -0.25) is 0 Å². The van der Waals surface area contributed by atoms with Crippen LogP contribution in [-0.4, -0.2) is 10.2 Å². The summed E-state index contributed by atoms with van der Waals surface area (Å²) >= 11 is 11.9. The smallest absolute Gasteiger partial charge is 0.253 e. The average Bonchev–Trinajstić information content (AvgIpc) is 2.73. The lowest BCUT2D eigenvalue weighted by Gasteiger charge is -2.11. The van der Waals surface area contributed by atoms with Gasteiger partial charge in [0, 0.05) is 24.1 Å². The topological polar surface area (TPSA) is 74.2 Å². The first-order chi connectivity index (χ1) is 8.60. The van der Waals surface area contributed by atoms with Crippen LogP contribution < -0.4 is 10.5 Å². The summed E-state index contributed by atoms with van der Waals surface area (Å²) in [6, 6.07) is 3.30. The number of ether oxygens (including phenoxy) is 1. The molecular formula is C11H11Cl2N3O2. The molecule has 96 valence electrons. The summed E-state index contributed by atoms with van der Waals surface area (Å²) in [6.07, 6.45) is 0. The fourth-order valence-electron chi connectivity index (χ4n) is 1.46. The molecule has 1 aromatic carbocycles. The normalized spacial score (nSPS) is 10.7. The molecule has 0 aliphatic rings. The molecule has 18 heavy (non-hydrogen) atoms. The molecule has 1 heterocycles. The molecule has 2 aromatic rings. The van der Waals surface area contributed by atoms with Gasteiger partial charge in [0.2, 0.25) is 5.89 Å². The molecule has 0 aliphatic carbocycles. The van der Waals surface area contributed by atoms with Crippen molar-refractivity contribution < 1.29 is 9.15 Å². The molecule has 0 spiro atoms. The molecule has 5 nitrogen and oxygen atoms in total. The lowest BCUT2D eigenvalue weighted by molar-refractivity contribution is 0.258. The number of aryl methyl sites for hydroxylation is 1. The highest BCUT2D eigenvalue weighted by Gasteiger charge is 2.11. The van der Waals surface area contributed by atoms with Gasteiger partial charge in [0.1, 0.15) is 5.75 Å². The van der Waals surface area contributed by atoms with Crippen LogP contribution in [0.1, 0.15) is 17.3 Å². The van der Waals surface area contributed by atoms with Crippen LogP contribution in [0.3, 0.4) is 0 Å². The summed E-state index contributed by atoms with van der Waals surface area (Å²) < 4.78 is 10.7. The Morgan fingerprint density at radius 2 is 2.11 bits per heavy atom. The fraction of sp³-hybridized carbons (Fsp3) is 0.273. The molecule has 0 saturated carbocycles. The van der Waals surface area contributed by atoms with Crippen LogP contribution in [0.25, 0.3) is 0 Å². The summed E-state index contributed by atoms with van der Waals surface area (Å²) in [5.74, 6) is 1.34. The van der Waals surface area contributed by atoms with Gasteiger partial charge in [-0.1, -0.05) is 23.2 Å². The van der Waals surface area contributed by atoms with Crippen molar-refractivity contribution in [2.24, 2.45) is 5.73 Å². The maximum atomic E-state index is 6.05. The van der Waals surface area contributed by atoms with E-state index in [2.05, 4.69) is 10.2 Å². The number of aromatic nitrogens is 2. The second kappa shape index (κ2) is 5.56. The minimum Gasteiger partial charge on any atom is -0.482 e. The van der Waals surface area contributed by atoms with Crippen LogP contribution in [-0.2, 0) is 13.2 Å². The highest BCUT2D eigenvalue weighted by atomic mass is 35.5. The van der Waals surface area contributed by atoms with E-state index in [9.17, 15) is 0 Å². The number of nitrogens with zero attached hydrogens (tertiary/aromatic N) is 2. The molecule has 0 atom stereocenters. The molecule has 0 radical (unpaired) electrons. The van der Waals surface area contributed by atoms with E-state index >= 15 is 0 Å². The summed E-state index contributed by atoms with van der Waals surface area (Å²) in [6.45, 7) is 2.12. The van der Waals surface area contributed by atoms with Crippen LogP contribution in [0.15, 0.2) is 16.5 Å². The molecule has 1 aromatic heterocycles. The Labute approximate surface area is 114 Å². The SMILES string of the molecule is Cc1nnc(COc2c(Cl)cc(Cl)cc2CN)o1. The van der Waals surface area contributed by atoms with Gasteiger partial charge in [-0.2, -0.15) is 0 Å². The van der Waals surface area contributed by atoms with Crippen molar-refractivity contribution in [3.8, 4) is 5.75 Å². The molecule has 2 N–H and O–H groups in total. The standard InChI is InChI=1S/C11H11Cl2N3O2/c1-6-15-16-10(18-6)5-17-11-7(4-14)2-8(12)3-9(11)13/h2-3H,4-5,14H2,1H3. The Bertz CT molecular complexity index is 557. The molecule has 2 rings (SSSR count). The number of hydrogen-bond acceptors (Lipinski definition) is 5. The lowest BCUT2D eigenvalue weighted by Crippen LogP contribution is -2.03. The largest absolute Gasteiger partial charge is 0.482 e.